The van der Waals surface area contributed by atoms with E-state index in [0.29, 0.717) is 31.3 Å². The zero-order valence-electron chi connectivity index (χ0n) is 10.8. The zero-order valence-corrected chi connectivity index (χ0v) is 10.8. The first-order valence-corrected chi connectivity index (χ1v) is 6.90. The number of hydrogen-bond acceptors (Lipinski definition) is 3. The first kappa shape index (κ1) is 11.7. The van der Waals surface area contributed by atoms with E-state index >= 15 is 0 Å². The lowest BCUT2D eigenvalue weighted by atomic mass is 9.54. The third-order valence-electron chi connectivity index (χ3n) is 5.47. The van der Waals surface area contributed by atoms with Crippen molar-refractivity contribution in [2.45, 2.75) is 51.7 Å². The summed E-state index contributed by atoms with van der Waals surface area (Å²) in [6.45, 7) is 5.80. The van der Waals surface area contributed by atoms with Crippen LogP contribution in [-0.4, -0.2) is 24.8 Å². The molecule has 2 aliphatic carbocycles. The molecule has 0 unspecified atom stereocenters. The molecule has 3 heteroatoms. The lowest BCUT2D eigenvalue weighted by Crippen LogP contribution is -2.58. The van der Waals surface area contributed by atoms with Crippen molar-refractivity contribution in [3.05, 3.63) is 0 Å². The fourth-order valence-electron chi connectivity index (χ4n) is 4.38. The van der Waals surface area contributed by atoms with Crippen molar-refractivity contribution in [2.75, 3.05) is 13.2 Å². The molecule has 0 aromatic carbocycles. The normalized spacial score (nSPS) is 44.9. The van der Waals surface area contributed by atoms with Crippen LogP contribution in [-0.2, 0) is 14.3 Å². The summed E-state index contributed by atoms with van der Waals surface area (Å²) in [6.07, 6.45) is 4.90. The third kappa shape index (κ3) is 1.45. The molecule has 3 fully saturated rings. The molecule has 0 N–H and O–H groups in total. The summed E-state index contributed by atoms with van der Waals surface area (Å²) in [7, 11) is 0. The fraction of sp³-hybridized carbons (Fsp3) is 0.929. The first-order chi connectivity index (χ1) is 8.09. The monoisotopic (exact) mass is 238 g/mol. The molecule has 0 amide bonds. The summed E-state index contributed by atoms with van der Waals surface area (Å²) in [6, 6.07) is 0. The summed E-state index contributed by atoms with van der Waals surface area (Å²) in [4.78, 5) is 11.9. The molecule has 2 saturated carbocycles. The van der Waals surface area contributed by atoms with Crippen molar-refractivity contribution in [3.8, 4) is 0 Å². The number of carbonyl (C=O) groups is 1. The molecule has 96 valence electrons. The SMILES string of the molecule is C[C@@H]1C(=O)CC[C@@]2(C)[C@@H]1CCCC21OCCO1. The number of Topliss-reactive ketones (excluding diaryl/α,β-unsaturated/α-hetero) is 1. The number of rotatable bonds is 0. The molecule has 1 heterocycles. The van der Waals surface area contributed by atoms with Gasteiger partial charge in [-0.1, -0.05) is 13.8 Å². The highest BCUT2D eigenvalue weighted by molar-refractivity contribution is 5.82. The van der Waals surface area contributed by atoms with Gasteiger partial charge in [0.2, 0.25) is 0 Å². The van der Waals surface area contributed by atoms with Gasteiger partial charge in [0, 0.05) is 24.2 Å². The van der Waals surface area contributed by atoms with Gasteiger partial charge in [-0.2, -0.15) is 0 Å². The van der Waals surface area contributed by atoms with E-state index in [0.717, 1.165) is 25.7 Å². The minimum absolute atomic E-state index is 0.0368. The molecular weight excluding hydrogens is 216 g/mol. The van der Waals surface area contributed by atoms with Crippen LogP contribution in [0.3, 0.4) is 0 Å². The summed E-state index contributed by atoms with van der Waals surface area (Å²) in [5.41, 5.74) is 0.0368. The van der Waals surface area contributed by atoms with Gasteiger partial charge < -0.3 is 9.47 Å². The predicted octanol–water partition coefficient (Wildman–Crippen LogP) is 2.53. The second-order valence-electron chi connectivity index (χ2n) is 6.12. The average molecular weight is 238 g/mol. The molecule has 17 heavy (non-hydrogen) atoms. The predicted molar refractivity (Wildman–Crippen MR) is 63.5 cm³/mol. The Labute approximate surface area is 103 Å². The fourth-order valence-corrected chi connectivity index (χ4v) is 4.38. The molecule has 0 bridgehead atoms. The Kier molecular flexibility index (Phi) is 2.60. The standard InChI is InChI=1S/C14H22O3/c1-10-11-4-3-6-14(16-8-9-17-14)13(11,2)7-5-12(10)15/h10-11H,3-9H2,1-2H3/t10-,11+,13-/m0/s1. The van der Waals surface area contributed by atoms with Crippen molar-refractivity contribution in [2.24, 2.45) is 17.3 Å². The lowest BCUT2D eigenvalue weighted by molar-refractivity contribution is -0.278. The number of fused-ring (bicyclic) bond motifs is 2. The van der Waals surface area contributed by atoms with Gasteiger partial charge in [0.1, 0.15) is 5.78 Å². The van der Waals surface area contributed by atoms with Gasteiger partial charge in [0.15, 0.2) is 5.79 Å². The molecule has 0 aromatic heterocycles. The molecule has 0 radical (unpaired) electrons. The van der Waals surface area contributed by atoms with Gasteiger partial charge in [-0.15, -0.1) is 0 Å². The number of ether oxygens (including phenoxy) is 2. The molecule has 3 nitrogen and oxygen atoms in total. The molecular formula is C14H22O3. The van der Waals surface area contributed by atoms with E-state index in [-0.39, 0.29) is 17.1 Å². The molecule has 3 aliphatic rings. The molecule has 3 atom stereocenters. The molecule has 1 spiro atoms. The lowest BCUT2D eigenvalue weighted by Gasteiger charge is -2.56. The van der Waals surface area contributed by atoms with Gasteiger partial charge in [-0.3, -0.25) is 4.79 Å². The maximum atomic E-state index is 11.9. The number of ketones is 1. The third-order valence-corrected chi connectivity index (χ3v) is 5.47. The van der Waals surface area contributed by atoms with E-state index in [1.54, 1.807) is 0 Å². The second kappa shape index (κ2) is 3.79. The maximum Gasteiger partial charge on any atom is 0.174 e. The highest BCUT2D eigenvalue weighted by Gasteiger charge is 2.61. The van der Waals surface area contributed by atoms with Crippen LogP contribution in [0.4, 0.5) is 0 Å². The zero-order chi connectivity index (χ0) is 12.1. The van der Waals surface area contributed by atoms with Gasteiger partial charge >= 0.3 is 0 Å². The Hall–Kier alpha value is -0.410. The Balaban J connectivity index is 1.97. The number of carbonyl (C=O) groups excluding carboxylic acids is 1. The van der Waals surface area contributed by atoms with Gasteiger partial charge in [-0.25, -0.2) is 0 Å². The first-order valence-electron chi connectivity index (χ1n) is 6.90. The Morgan fingerprint density at radius 3 is 2.65 bits per heavy atom. The van der Waals surface area contributed by atoms with E-state index in [9.17, 15) is 4.79 Å². The Morgan fingerprint density at radius 1 is 1.24 bits per heavy atom. The minimum Gasteiger partial charge on any atom is -0.347 e. The van der Waals surface area contributed by atoms with Crippen LogP contribution < -0.4 is 0 Å². The number of hydrogen-bond donors (Lipinski definition) is 0. The quantitative estimate of drug-likeness (QED) is 0.650. The van der Waals surface area contributed by atoms with Crippen LogP contribution in [0, 0.1) is 17.3 Å². The van der Waals surface area contributed by atoms with Crippen molar-refractivity contribution in [3.63, 3.8) is 0 Å². The maximum absolute atomic E-state index is 11.9. The van der Waals surface area contributed by atoms with Crippen LogP contribution in [0.25, 0.3) is 0 Å². The minimum atomic E-state index is -0.384. The second-order valence-corrected chi connectivity index (χ2v) is 6.12. The molecule has 1 aliphatic heterocycles. The van der Waals surface area contributed by atoms with E-state index in [1.165, 1.54) is 0 Å². The van der Waals surface area contributed by atoms with Crippen molar-refractivity contribution in [1.82, 2.24) is 0 Å². The largest absolute Gasteiger partial charge is 0.347 e. The van der Waals surface area contributed by atoms with E-state index in [2.05, 4.69) is 13.8 Å². The molecule has 0 aromatic rings. The Morgan fingerprint density at radius 2 is 1.94 bits per heavy atom. The topological polar surface area (TPSA) is 35.5 Å². The smallest absolute Gasteiger partial charge is 0.174 e. The van der Waals surface area contributed by atoms with Crippen molar-refractivity contribution < 1.29 is 14.3 Å². The van der Waals surface area contributed by atoms with E-state index in [4.69, 9.17) is 9.47 Å². The highest BCUT2D eigenvalue weighted by atomic mass is 16.7. The van der Waals surface area contributed by atoms with Crippen LogP contribution in [0.1, 0.15) is 46.0 Å². The van der Waals surface area contributed by atoms with Gasteiger partial charge in [-0.05, 0) is 25.2 Å². The van der Waals surface area contributed by atoms with Crippen LogP contribution in [0.5, 0.6) is 0 Å². The van der Waals surface area contributed by atoms with Crippen molar-refractivity contribution >= 4 is 5.78 Å². The van der Waals surface area contributed by atoms with E-state index in [1.807, 2.05) is 0 Å². The summed E-state index contributed by atoms with van der Waals surface area (Å²) < 4.78 is 12.0. The van der Waals surface area contributed by atoms with E-state index < -0.39 is 0 Å². The summed E-state index contributed by atoms with van der Waals surface area (Å²) in [5.74, 6) is 0.669. The average Bonchev–Trinajstić information content (AvgIpc) is 2.78. The summed E-state index contributed by atoms with van der Waals surface area (Å²) in [5, 5.41) is 0. The highest BCUT2D eigenvalue weighted by Crippen LogP contribution is 2.59. The van der Waals surface area contributed by atoms with Gasteiger partial charge in [0.05, 0.1) is 13.2 Å². The summed E-state index contributed by atoms with van der Waals surface area (Å²) >= 11 is 0. The van der Waals surface area contributed by atoms with Crippen LogP contribution in [0.2, 0.25) is 0 Å². The van der Waals surface area contributed by atoms with Crippen LogP contribution in [0.15, 0.2) is 0 Å². The van der Waals surface area contributed by atoms with Crippen molar-refractivity contribution in [1.29, 1.82) is 0 Å². The molecule has 1 saturated heterocycles. The molecule has 3 rings (SSSR count). The Bertz CT molecular complexity index is 332. The van der Waals surface area contributed by atoms with Gasteiger partial charge in [0.25, 0.3) is 0 Å². The van der Waals surface area contributed by atoms with Crippen LogP contribution >= 0.6 is 0 Å².